The number of nitrogens with one attached hydrogen (secondary N) is 1. The van der Waals surface area contributed by atoms with Crippen molar-refractivity contribution in [1.82, 2.24) is 10.2 Å². The number of nitrogens with zero attached hydrogens (tertiary/aromatic N) is 1. The van der Waals surface area contributed by atoms with Crippen molar-refractivity contribution in [3.8, 4) is 0 Å². The fourth-order valence-corrected chi connectivity index (χ4v) is 4.47. The molecule has 1 fully saturated rings. The highest BCUT2D eigenvalue weighted by atomic mass is 35.5. The highest BCUT2D eigenvalue weighted by Crippen LogP contribution is 2.25. The van der Waals surface area contributed by atoms with Crippen LogP contribution >= 0.6 is 11.6 Å². The molecule has 32 heavy (non-hydrogen) atoms. The topological polar surface area (TPSA) is 66.5 Å². The number of hydrogen-bond donors (Lipinski definition) is 1. The molecule has 1 heterocycles. The van der Waals surface area contributed by atoms with E-state index in [1.165, 1.54) is 0 Å². The third kappa shape index (κ3) is 5.39. The van der Waals surface area contributed by atoms with E-state index in [1.54, 1.807) is 29.2 Å². The van der Waals surface area contributed by atoms with Crippen molar-refractivity contribution < 1.29 is 14.4 Å². The van der Waals surface area contributed by atoms with Gasteiger partial charge in [-0.15, -0.1) is 0 Å². The minimum atomic E-state index is -0.648. The normalized spacial score (nSPS) is 15.5. The molecule has 1 aliphatic rings. The maximum absolute atomic E-state index is 13.2. The summed E-state index contributed by atoms with van der Waals surface area (Å²) in [6, 6.07) is 12.0. The zero-order valence-electron chi connectivity index (χ0n) is 19.2. The third-order valence-electron chi connectivity index (χ3n) is 6.16. The first kappa shape index (κ1) is 24.0. The van der Waals surface area contributed by atoms with Gasteiger partial charge >= 0.3 is 0 Å². The van der Waals surface area contributed by atoms with Gasteiger partial charge in [-0.1, -0.05) is 61.3 Å². The first-order chi connectivity index (χ1) is 15.2. The molecule has 1 saturated heterocycles. The van der Waals surface area contributed by atoms with Crippen LogP contribution < -0.4 is 5.32 Å². The summed E-state index contributed by atoms with van der Waals surface area (Å²) in [7, 11) is 0. The number of halogens is 1. The van der Waals surface area contributed by atoms with Crippen molar-refractivity contribution in [3.63, 3.8) is 0 Å². The molecule has 5 nitrogen and oxygen atoms in total. The molecular weight excluding hydrogens is 424 g/mol. The SMILES string of the molecule is Cc1ccc(C(=O)C2CCN(C(=O)C(NC(=O)c3ccccc3Cl)C(C)C)CC2)c(C)c1. The third-order valence-corrected chi connectivity index (χ3v) is 6.49. The number of ketones is 1. The minimum Gasteiger partial charge on any atom is -0.341 e. The van der Waals surface area contributed by atoms with Crippen molar-refractivity contribution in [2.24, 2.45) is 11.8 Å². The summed E-state index contributed by atoms with van der Waals surface area (Å²) in [5, 5.41) is 3.21. The number of hydrogen-bond acceptors (Lipinski definition) is 3. The predicted molar refractivity (Wildman–Crippen MR) is 127 cm³/mol. The first-order valence-corrected chi connectivity index (χ1v) is 11.5. The van der Waals surface area contributed by atoms with Gasteiger partial charge in [0, 0.05) is 24.6 Å². The molecule has 2 aromatic rings. The minimum absolute atomic E-state index is 0.0801. The highest BCUT2D eigenvalue weighted by molar-refractivity contribution is 6.33. The summed E-state index contributed by atoms with van der Waals surface area (Å²) in [4.78, 5) is 40.7. The molecular formula is C26H31ClN2O3. The van der Waals surface area contributed by atoms with Crippen molar-refractivity contribution in [1.29, 1.82) is 0 Å². The van der Waals surface area contributed by atoms with E-state index in [0.29, 0.717) is 36.5 Å². The predicted octanol–water partition coefficient (Wildman–Crippen LogP) is 4.83. The van der Waals surface area contributed by atoms with Gasteiger partial charge in [0.15, 0.2) is 5.78 Å². The summed E-state index contributed by atoms with van der Waals surface area (Å²) in [6.45, 7) is 8.81. The lowest BCUT2D eigenvalue weighted by Gasteiger charge is -2.35. The molecule has 0 spiro atoms. The Bertz CT molecular complexity index is 1010. The number of Topliss-reactive ketones (excluding diaryl/α,β-unsaturated/α-hetero) is 1. The van der Waals surface area contributed by atoms with Crippen LogP contribution in [0.25, 0.3) is 0 Å². The molecule has 0 bridgehead atoms. The number of likely N-dealkylation sites (tertiary alicyclic amines) is 1. The van der Waals surface area contributed by atoms with Crippen LogP contribution in [0.2, 0.25) is 5.02 Å². The Morgan fingerprint density at radius 3 is 2.25 bits per heavy atom. The maximum atomic E-state index is 13.2. The van der Waals surface area contributed by atoms with E-state index in [4.69, 9.17) is 11.6 Å². The van der Waals surface area contributed by atoms with Crippen LogP contribution in [0.3, 0.4) is 0 Å². The average Bonchev–Trinajstić information content (AvgIpc) is 2.76. The lowest BCUT2D eigenvalue weighted by atomic mass is 9.86. The quantitative estimate of drug-likeness (QED) is 0.635. The van der Waals surface area contributed by atoms with Crippen LogP contribution in [-0.2, 0) is 4.79 Å². The summed E-state index contributed by atoms with van der Waals surface area (Å²) < 4.78 is 0. The van der Waals surface area contributed by atoms with Gasteiger partial charge in [0.2, 0.25) is 5.91 Å². The Morgan fingerprint density at radius 2 is 1.66 bits per heavy atom. The van der Waals surface area contributed by atoms with Crippen LogP contribution in [0.1, 0.15) is 58.5 Å². The van der Waals surface area contributed by atoms with Crippen molar-refractivity contribution in [2.45, 2.75) is 46.6 Å². The highest BCUT2D eigenvalue weighted by Gasteiger charge is 2.33. The van der Waals surface area contributed by atoms with E-state index in [2.05, 4.69) is 5.32 Å². The van der Waals surface area contributed by atoms with E-state index in [0.717, 1.165) is 16.7 Å². The van der Waals surface area contributed by atoms with Crippen LogP contribution in [0.5, 0.6) is 0 Å². The zero-order chi connectivity index (χ0) is 23.4. The standard InChI is InChI=1S/C26H31ClN2O3/c1-16(2)23(28-25(31)21-7-5-6-8-22(21)27)26(32)29-13-11-19(12-14-29)24(30)20-10-9-17(3)15-18(20)4/h5-10,15-16,19,23H,11-14H2,1-4H3,(H,28,31). The van der Waals surface area contributed by atoms with Crippen LogP contribution in [0.15, 0.2) is 42.5 Å². The molecule has 1 atom stereocenters. The van der Waals surface area contributed by atoms with E-state index in [1.807, 2.05) is 45.9 Å². The number of amides is 2. The van der Waals surface area contributed by atoms with Crippen LogP contribution in [0, 0.1) is 25.7 Å². The lowest BCUT2D eigenvalue weighted by molar-refractivity contribution is -0.135. The van der Waals surface area contributed by atoms with E-state index < -0.39 is 6.04 Å². The average molecular weight is 455 g/mol. The van der Waals surface area contributed by atoms with E-state index in [9.17, 15) is 14.4 Å². The fourth-order valence-electron chi connectivity index (χ4n) is 4.25. The monoisotopic (exact) mass is 454 g/mol. The van der Waals surface area contributed by atoms with Crippen molar-refractivity contribution in [3.05, 3.63) is 69.7 Å². The second-order valence-electron chi connectivity index (χ2n) is 8.96. The number of carbonyl (C=O) groups excluding carboxylic acids is 3. The number of piperidine rings is 1. The van der Waals surface area contributed by atoms with Gasteiger partial charge in [0.1, 0.15) is 6.04 Å². The molecule has 1 unspecified atom stereocenters. The fraction of sp³-hybridized carbons (Fsp3) is 0.423. The van der Waals surface area contributed by atoms with E-state index >= 15 is 0 Å². The molecule has 0 aliphatic carbocycles. The molecule has 0 radical (unpaired) electrons. The van der Waals surface area contributed by atoms with Gasteiger partial charge in [-0.25, -0.2) is 0 Å². The summed E-state index contributed by atoms with van der Waals surface area (Å²) >= 11 is 6.14. The molecule has 1 aliphatic heterocycles. The van der Waals surface area contributed by atoms with Gasteiger partial charge in [-0.05, 0) is 50.3 Å². The Hall–Kier alpha value is -2.66. The zero-order valence-corrected chi connectivity index (χ0v) is 19.9. The van der Waals surface area contributed by atoms with Gasteiger partial charge in [0.25, 0.3) is 5.91 Å². The number of aryl methyl sites for hydroxylation is 2. The number of rotatable bonds is 6. The van der Waals surface area contributed by atoms with Crippen LogP contribution in [0.4, 0.5) is 0 Å². The van der Waals surface area contributed by atoms with Crippen molar-refractivity contribution >= 4 is 29.2 Å². The Morgan fingerprint density at radius 1 is 1.00 bits per heavy atom. The van der Waals surface area contributed by atoms with Gasteiger partial charge < -0.3 is 10.2 Å². The number of benzene rings is 2. The van der Waals surface area contributed by atoms with E-state index in [-0.39, 0.29) is 29.4 Å². The second-order valence-corrected chi connectivity index (χ2v) is 9.36. The maximum Gasteiger partial charge on any atom is 0.253 e. The lowest BCUT2D eigenvalue weighted by Crippen LogP contribution is -2.53. The molecule has 0 aromatic heterocycles. The molecule has 2 aromatic carbocycles. The number of carbonyl (C=O) groups is 3. The molecule has 0 saturated carbocycles. The molecule has 1 N–H and O–H groups in total. The summed E-state index contributed by atoms with van der Waals surface area (Å²) in [6.07, 6.45) is 1.25. The van der Waals surface area contributed by atoms with Gasteiger partial charge in [-0.2, -0.15) is 0 Å². The Labute approximate surface area is 195 Å². The second kappa shape index (κ2) is 10.3. The largest absolute Gasteiger partial charge is 0.341 e. The first-order valence-electron chi connectivity index (χ1n) is 11.1. The summed E-state index contributed by atoms with van der Waals surface area (Å²) in [5.41, 5.74) is 3.26. The smallest absolute Gasteiger partial charge is 0.253 e. The van der Waals surface area contributed by atoms with Gasteiger partial charge in [-0.3, -0.25) is 14.4 Å². The molecule has 3 rings (SSSR count). The molecule has 6 heteroatoms. The van der Waals surface area contributed by atoms with Gasteiger partial charge in [0.05, 0.1) is 10.6 Å². The van der Waals surface area contributed by atoms with Crippen LogP contribution in [-0.4, -0.2) is 41.6 Å². The Balaban J connectivity index is 1.64. The summed E-state index contributed by atoms with van der Waals surface area (Å²) in [5.74, 6) is -0.485. The Kier molecular flexibility index (Phi) is 7.73. The van der Waals surface area contributed by atoms with Crippen molar-refractivity contribution in [2.75, 3.05) is 13.1 Å². The molecule has 2 amide bonds. The molecule has 170 valence electrons.